The van der Waals surface area contributed by atoms with Crippen LogP contribution in [0, 0.1) is 5.82 Å². The number of carbonyl (C=O) groups is 1. The number of benzene rings is 2. The lowest BCUT2D eigenvalue weighted by molar-refractivity contribution is 0.182. The van der Waals surface area contributed by atoms with E-state index in [9.17, 15) is 19.1 Å². The Kier molecular flexibility index (Phi) is 6.51. The smallest absolute Gasteiger partial charge is 0.322 e. The number of nitrogens with zero attached hydrogens (tertiary/aromatic N) is 1. The first-order valence-corrected chi connectivity index (χ1v) is 9.54. The third kappa shape index (κ3) is 4.58. The Bertz CT molecular complexity index is 1090. The van der Waals surface area contributed by atoms with Crippen LogP contribution in [0.15, 0.2) is 53.5 Å². The average Bonchev–Trinajstić information content (AvgIpc) is 2.71. The second-order valence-corrected chi connectivity index (χ2v) is 7.03. The summed E-state index contributed by atoms with van der Waals surface area (Å²) in [6, 6.07) is 10.3. The number of anilines is 1. The summed E-state index contributed by atoms with van der Waals surface area (Å²) in [5.74, 6) is -0.574. The zero-order valence-electron chi connectivity index (χ0n) is 15.8. The molecular weight excluding hydrogens is 397 g/mol. The van der Waals surface area contributed by atoms with Gasteiger partial charge < -0.3 is 20.3 Å². The monoisotopic (exact) mass is 417 g/mol. The Balaban J connectivity index is 1.93. The zero-order valence-corrected chi connectivity index (χ0v) is 16.5. The highest BCUT2D eigenvalue weighted by Crippen LogP contribution is 2.27. The van der Waals surface area contributed by atoms with Gasteiger partial charge in [-0.25, -0.2) is 9.18 Å². The third-order valence-electron chi connectivity index (χ3n) is 4.75. The zero-order chi connectivity index (χ0) is 21.0. The predicted molar refractivity (Wildman–Crippen MR) is 112 cm³/mol. The van der Waals surface area contributed by atoms with Gasteiger partial charge in [-0.05, 0) is 48.6 Å². The number of halogens is 2. The van der Waals surface area contributed by atoms with E-state index >= 15 is 0 Å². The van der Waals surface area contributed by atoms with Crippen molar-refractivity contribution >= 4 is 34.1 Å². The Morgan fingerprint density at radius 1 is 1.28 bits per heavy atom. The number of urea groups is 1. The molecule has 0 spiro atoms. The van der Waals surface area contributed by atoms with Crippen molar-refractivity contribution in [3.63, 3.8) is 0 Å². The highest BCUT2D eigenvalue weighted by atomic mass is 35.5. The number of amides is 2. The van der Waals surface area contributed by atoms with E-state index in [1.807, 2.05) is 19.1 Å². The first-order chi connectivity index (χ1) is 13.9. The molecule has 3 N–H and O–H groups in total. The highest BCUT2D eigenvalue weighted by Gasteiger charge is 2.23. The molecule has 8 heteroatoms. The molecule has 0 bridgehead atoms. The SMILES string of the molecule is C[C@@H](c1c[nH]c(=O)c2ccccc12)N(CCCO)C(=O)Nc1ccc(F)c(Cl)c1. The van der Waals surface area contributed by atoms with Crippen LogP contribution in [0.25, 0.3) is 10.8 Å². The summed E-state index contributed by atoms with van der Waals surface area (Å²) < 4.78 is 13.4. The summed E-state index contributed by atoms with van der Waals surface area (Å²) >= 11 is 5.79. The molecule has 6 nitrogen and oxygen atoms in total. The van der Waals surface area contributed by atoms with Crippen molar-refractivity contribution in [2.45, 2.75) is 19.4 Å². The molecule has 0 saturated heterocycles. The van der Waals surface area contributed by atoms with Crippen molar-refractivity contribution < 1.29 is 14.3 Å². The second kappa shape index (κ2) is 9.07. The largest absolute Gasteiger partial charge is 0.396 e. The molecule has 1 heterocycles. The van der Waals surface area contributed by atoms with E-state index in [0.717, 1.165) is 10.9 Å². The summed E-state index contributed by atoms with van der Waals surface area (Å²) in [5.41, 5.74) is 0.920. The first kappa shape index (κ1) is 20.8. The highest BCUT2D eigenvalue weighted by molar-refractivity contribution is 6.31. The Morgan fingerprint density at radius 3 is 2.69 bits per heavy atom. The van der Waals surface area contributed by atoms with Gasteiger partial charge in [-0.3, -0.25) is 4.79 Å². The van der Waals surface area contributed by atoms with Gasteiger partial charge >= 0.3 is 6.03 Å². The summed E-state index contributed by atoms with van der Waals surface area (Å²) in [6.07, 6.45) is 1.98. The standard InChI is InChI=1S/C21H21ClFN3O3/c1-13(17-12-24-20(28)16-6-3-2-5-15(16)17)26(9-4-10-27)21(29)25-14-7-8-19(23)18(22)11-14/h2-3,5-8,11-13,27H,4,9-10H2,1H3,(H,24,28)(H,25,29)/t13-/m0/s1. The molecule has 3 rings (SSSR count). The number of rotatable bonds is 6. The maximum Gasteiger partial charge on any atom is 0.322 e. The van der Waals surface area contributed by atoms with Crippen molar-refractivity contribution in [1.82, 2.24) is 9.88 Å². The van der Waals surface area contributed by atoms with Gasteiger partial charge in [0.25, 0.3) is 5.56 Å². The minimum atomic E-state index is -0.574. The maximum absolute atomic E-state index is 13.4. The van der Waals surface area contributed by atoms with Crippen LogP contribution in [0.5, 0.6) is 0 Å². The quantitative estimate of drug-likeness (QED) is 0.559. The molecule has 3 aromatic rings. The number of nitrogens with one attached hydrogen (secondary N) is 2. The van der Waals surface area contributed by atoms with Gasteiger partial charge in [-0.15, -0.1) is 0 Å². The van der Waals surface area contributed by atoms with Gasteiger partial charge in [0.05, 0.1) is 11.1 Å². The third-order valence-corrected chi connectivity index (χ3v) is 5.04. The van der Waals surface area contributed by atoms with E-state index in [4.69, 9.17) is 11.6 Å². The lowest BCUT2D eigenvalue weighted by Crippen LogP contribution is -2.38. The van der Waals surface area contributed by atoms with Crippen LogP contribution in [-0.2, 0) is 0 Å². The van der Waals surface area contributed by atoms with Crippen LogP contribution < -0.4 is 10.9 Å². The number of hydrogen-bond donors (Lipinski definition) is 3. The van der Waals surface area contributed by atoms with Crippen molar-refractivity contribution in [3.05, 3.63) is 75.4 Å². The molecule has 0 aliphatic carbocycles. The Labute approximate surface area is 171 Å². The molecule has 0 aliphatic rings. The van der Waals surface area contributed by atoms with Gasteiger partial charge in [0.1, 0.15) is 5.82 Å². The maximum atomic E-state index is 13.4. The number of aliphatic hydroxyl groups excluding tert-OH is 1. The molecule has 0 unspecified atom stereocenters. The fourth-order valence-corrected chi connectivity index (χ4v) is 3.41. The second-order valence-electron chi connectivity index (χ2n) is 6.62. The van der Waals surface area contributed by atoms with E-state index < -0.39 is 17.9 Å². The van der Waals surface area contributed by atoms with Crippen LogP contribution in [0.3, 0.4) is 0 Å². The molecule has 0 radical (unpaired) electrons. The summed E-state index contributed by atoms with van der Waals surface area (Å²) in [7, 11) is 0. The number of fused-ring (bicyclic) bond motifs is 1. The first-order valence-electron chi connectivity index (χ1n) is 9.16. The van der Waals surface area contributed by atoms with E-state index in [0.29, 0.717) is 17.5 Å². The lowest BCUT2D eigenvalue weighted by atomic mass is 10.0. The minimum absolute atomic E-state index is 0.0781. The van der Waals surface area contributed by atoms with Crippen LogP contribution in [0.1, 0.15) is 24.9 Å². The van der Waals surface area contributed by atoms with E-state index in [-0.39, 0.29) is 23.7 Å². The van der Waals surface area contributed by atoms with Crippen LogP contribution in [0.2, 0.25) is 5.02 Å². The summed E-state index contributed by atoms with van der Waals surface area (Å²) in [5, 5.41) is 13.1. The normalized spacial score (nSPS) is 12.0. The Hall–Kier alpha value is -2.90. The molecule has 2 aromatic carbocycles. The van der Waals surface area contributed by atoms with Crippen molar-refractivity contribution in [3.8, 4) is 0 Å². The molecule has 2 amide bonds. The number of pyridine rings is 1. The lowest BCUT2D eigenvalue weighted by Gasteiger charge is -2.30. The van der Waals surface area contributed by atoms with Gasteiger partial charge in [0.15, 0.2) is 0 Å². The van der Waals surface area contributed by atoms with E-state index in [1.165, 1.54) is 18.2 Å². The van der Waals surface area contributed by atoms with E-state index in [1.54, 1.807) is 23.2 Å². The number of aliphatic hydroxyl groups is 1. The topological polar surface area (TPSA) is 85.4 Å². The van der Waals surface area contributed by atoms with Crippen molar-refractivity contribution in [2.24, 2.45) is 0 Å². The van der Waals surface area contributed by atoms with Crippen LogP contribution >= 0.6 is 11.6 Å². The number of aromatic nitrogens is 1. The average molecular weight is 418 g/mol. The molecule has 0 fully saturated rings. The number of carbonyl (C=O) groups excluding carboxylic acids is 1. The molecule has 152 valence electrons. The summed E-state index contributed by atoms with van der Waals surface area (Å²) in [6.45, 7) is 2.05. The van der Waals surface area contributed by atoms with Crippen LogP contribution in [-0.4, -0.2) is 34.2 Å². The molecule has 0 saturated carbocycles. The summed E-state index contributed by atoms with van der Waals surface area (Å²) in [4.78, 5) is 29.3. The molecule has 0 aliphatic heterocycles. The number of aromatic amines is 1. The predicted octanol–water partition coefficient (Wildman–Crippen LogP) is 4.30. The fourth-order valence-electron chi connectivity index (χ4n) is 3.23. The van der Waals surface area contributed by atoms with Crippen LogP contribution in [0.4, 0.5) is 14.9 Å². The van der Waals surface area contributed by atoms with Gasteiger partial charge in [-0.2, -0.15) is 0 Å². The van der Waals surface area contributed by atoms with Crippen molar-refractivity contribution in [1.29, 1.82) is 0 Å². The van der Waals surface area contributed by atoms with Gasteiger partial charge in [0, 0.05) is 30.4 Å². The molecule has 1 atom stereocenters. The molecule has 29 heavy (non-hydrogen) atoms. The van der Waals surface area contributed by atoms with Gasteiger partial charge in [-0.1, -0.05) is 29.8 Å². The van der Waals surface area contributed by atoms with Gasteiger partial charge in [0.2, 0.25) is 0 Å². The number of hydrogen-bond acceptors (Lipinski definition) is 3. The molecule has 1 aromatic heterocycles. The molecular formula is C21H21ClFN3O3. The fraction of sp³-hybridized carbons (Fsp3) is 0.238. The van der Waals surface area contributed by atoms with Crippen molar-refractivity contribution in [2.75, 3.05) is 18.5 Å². The van der Waals surface area contributed by atoms with E-state index in [2.05, 4.69) is 10.3 Å². The Morgan fingerprint density at radius 2 is 2.00 bits per heavy atom. The minimum Gasteiger partial charge on any atom is -0.396 e. The number of H-pyrrole nitrogens is 1.